The second-order valence-electron chi connectivity index (χ2n) is 14.7. The minimum atomic E-state index is -3.74. The van der Waals surface area contributed by atoms with Gasteiger partial charge in [-0.25, -0.2) is 13.1 Å². The average Bonchev–Trinajstić information content (AvgIpc) is 3.17. The van der Waals surface area contributed by atoms with Gasteiger partial charge in [0.25, 0.3) is 5.91 Å². The Bertz CT molecular complexity index is 1360. The first kappa shape index (κ1) is 31.8. The molecule has 7 nitrogen and oxygen atoms in total. The molecule has 1 saturated heterocycles. The lowest BCUT2D eigenvalue weighted by Crippen LogP contribution is -2.45. The SMILES string of the molecule is Cc1c(C(=O)N2CCC(C)(O)CC2)cc(-c2ccc(S(=O)(=O)NC(C)(C)C)c(C(C)(C)C)c2)n1CC1CCCCC1. The molecular weight excluding hydrogens is 534 g/mol. The number of hydrogen-bond donors (Lipinski definition) is 2. The molecule has 2 heterocycles. The molecule has 0 spiro atoms. The number of likely N-dealkylation sites (tertiary alicyclic amines) is 1. The monoisotopic (exact) mass is 585 g/mol. The normalized spacial score (nSPS) is 19.0. The van der Waals surface area contributed by atoms with Crippen molar-refractivity contribution in [2.24, 2.45) is 5.92 Å². The Morgan fingerprint density at radius 3 is 2.20 bits per heavy atom. The highest BCUT2D eigenvalue weighted by atomic mass is 32.2. The molecule has 2 N–H and O–H groups in total. The number of piperidine rings is 1. The molecule has 2 aromatic rings. The lowest BCUT2D eigenvalue weighted by molar-refractivity contribution is -0.00205. The molecule has 0 atom stereocenters. The number of amides is 1. The smallest absolute Gasteiger partial charge is 0.255 e. The maximum atomic E-state index is 13.8. The van der Waals surface area contributed by atoms with Crippen LogP contribution in [-0.4, -0.2) is 53.1 Å². The van der Waals surface area contributed by atoms with E-state index in [1.165, 1.54) is 32.1 Å². The maximum Gasteiger partial charge on any atom is 0.255 e. The molecule has 41 heavy (non-hydrogen) atoms. The van der Waals surface area contributed by atoms with Crippen LogP contribution in [0.4, 0.5) is 0 Å². The largest absolute Gasteiger partial charge is 0.390 e. The number of benzene rings is 1. The summed E-state index contributed by atoms with van der Waals surface area (Å²) in [5.74, 6) is 0.561. The zero-order valence-corrected chi connectivity index (χ0v) is 27.2. The summed E-state index contributed by atoms with van der Waals surface area (Å²) in [6.45, 7) is 17.4. The number of hydrogen-bond acceptors (Lipinski definition) is 4. The second kappa shape index (κ2) is 11.5. The van der Waals surface area contributed by atoms with Crippen LogP contribution in [0.25, 0.3) is 11.3 Å². The van der Waals surface area contributed by atoms with Crippen molar-refractivity contribution in [3.63, 3.8) is 0 Å². The Morgan fingerprint density at radius 2 is 1.63 bits per heavy atom. The fourth-order valence-electron chi connectivity index (χ4n) is 6.29. The van der Waals surface area contributed by atoms with Gasteiger partial charge in [-0.05, 0) is 101 Å². The summed E-state index contributed by atoms with van der Waals surface area (Å²) in [7, 11) is -3.74. The number of rotatable bonds is 6. The van der Waals surface area contributed by atoms with Gasteiger partial charge in [0.1, 0.15) is 0 Å². The zero-order chi connectivity index (χ0) is 30.4. The van der Waals surface area contributed by atoms with E-state index in [4.69, 9.17) is 0 Å². The van der Waals surface area contributed by atoms with E-state index in [-0.39, 0.29) is 5.91 Å². The first-order valence-corrected chi connectivity index (χ1v) is 16.8. The van der Waals surface area contributed by atoms with Gasteiger partial charge in [0.2, 0.25) is 10.0 Å². The molecule has 2 aliphatic rings. The number of aliphatic hydroxyl groups is 1. The van der Waals surface area contributed by atoms with Crippen LogP contribution in [0, 0.1) is 12.8 Å². The highest BCUT2D eigenvalue weighted by Gasteiger charge is 2.33. The molecule has 1 aliphatic heterocycles. The third-order valence-electron chi connectivity index (χ3n) is 8.70. The van der Waals surface area contributed by atoms with E-state index < -0.39 is 26.6 Å². The standard InChI is InChI=1S/C33H51N3O4S/c1-23-26(30(37)35-18-16-33(8,38)17-19-35)21-28(36(23)22-24-12-10-9-11-13-24)25-14-15-29(27(20-25)31(2,3)4)41(39,40)34-32(5,6)7/h14-15,20-21,24,34,38H,9-13,16-19,22H2,1-8H3. The third-order valence-corrected chi connectivity index (χ3v) is 10.5. The summed E-state index contributed by atoms with van der Waals surface area (Å²) >= 11 is 0. The van der Waals surface area contributed by atoms with Crippen molar-refractivity contribution >= 4 is 15.9 Å². The molecule has 0 radical (unpaired) electrons. The quantitative estimate of drug-likeness (QED) is 0.410. The number of carbonyl (C=O) groups excluding carboxylic acids is 1. The van der Waals surface area contributed by atoms with Gasteiger partial charge in [0, 0.05) is 36.6 Å². The van der Waals surface area contributed by atoms with Crippen molar-refractivity contribution < 1.29 is 18.3 Å². The van der Waals surface area contributed by atoms with Crippen molar-refractivity contribution in [1.82, 2.24) is 14.2 Å². The average molecular weight is 586 g/mol. The van der Waals surface area contributed by atoms with Gasteiger partial charge < -0.3 is 14.6 Å². The Hall–Kier alpha value is -2.16. The van der Waals surface area contributed by atoms with E-state index in [0.717, 1.165) is 29.1 Å². The lowest BCUT2D eigenvalue weighted by atomic mass is 9.85. The molecule has 1 amide bonds. The van der Waals surface area contributed by atoms with E-state index >= 15 is 0 Å². The Morgan fingerprint density at radius 1 is 1.02 bits per heavy atom. The predicted octanol–water partition coefficient (Wildman–Crippen LogP) is 6.41. The van der Waals surface area contributed by atoms with Gasteiger partial charge in [-0.1, -0.05) is 46.1 Å². The Kier molecular flexibility index (Phi) is 8.91. The van der Waals surface area contributed by atoms with Gasteiger partial charge >= 0.3 is 0 Å². The molecule has 1 aromatic carbocycles. The van der Waals surface area contributed by atoms with Crippen molar-refractivity contribution in [1.29, 1.82) is 0 Å². The van der Waals surface area contributed by atoms with Gasteiger partial charge in [0.05, 0.1) is 16.1 Å². The molecular formula is C33H51N3O4S. The molecule has 1 saturated carbocycles. The molecule has 228 valence electrons. The van der Waals surface area contributed by atoms with Crippen molar-refractivity contribution in [3.05, 3.63) is 41.1 Å². The molecule has 8 heteroatoms. The summed E-state index contributed by atoms with van der Waals surface area (Å²) in [4.78, 5) is 16.0. The topological polar surface area (TPSA) is 91.6 Å². The highest BCUT2D eigenvalue weighted by Crippen LogP contribution is 2.37. The number of nitrogens with one attached hydrogen (secondary N) is 1. The van der Waals surface area contributed by atoms with Crippen LogP contribution in [0.5, 0.6) is 0 Å². The van der Waals surface area contributed by atoms with Gasteiger partial charge in [-0.3, -0.25) is 4.79 Å². The van der Waals surface area contributed by atoms with E-state index in [9.17, 15) is 18.3 Å². The van der Waals surface area contributed by atoms with Crippen molar-refractivity contribution in [2.45, 2.75) is 128 Å². The van der Waals surface area contributed by atoms with E-state index in [1.54, 1.807) is 6.07 Å². The molecule has 2 fully saturated rings. The number of carbonyl (C=O) groups is 1. The molecule has 4 rings (SSSR count). The van der Waals surface area contributed by atoms with Crippen LogP contribution >= 0.6 is 0 Å². The Balaban J connectivity index is 1.81. The van der Waals surface area contributed by atoms with Crippen molar-refractivity contribution in [2.75, 3.05) is 13.1 Å². The first-order valence-electron chi connectivity index (χ1n) is 15.3. The third kappa shape index (κ3) is 7.44. The fraction of sp³-hybridized carbons (Fsp3) is 0.667. The predicted molar refractivity (Wildman–Crippen MR) is 166 cm³/mol. The van der Waals surface area contributed by atoms with Crippen LogP contribution in [0.3, 0.4) is 0 Å². The van der Waals surface area contributed by atoms with Crippen LogP contribution in [0.15, 0.2) is 29.2 Å². The van der Waals surface area contributed by atoms with Gasteiger partial charge in [-0.15, -0.1) is 0 Å². The van der Waals surface area contributed by atoms with Crippen LogP contribution in [-0.2, 0) is 22.0 Å². The van der Waals surface area contributed by atoms with Crippen molar-refractivity contribution in [3.8, 4) is 11.3 Å². The summed E-state index contributed by atoms with van der Waals surface area (Å²) in [6, 6.07) is 7.64. The van der Waals surface area contributed by atoms with Crippen LogP contribution < -0.4 is 4.72 Å². The minimum absolute atomic E-state index is 0.00580. The highest BCUT2D eigenvalue weighted by molar-refractivity contribution is 7.89. The van der Waals surface area contributed by atoms with Gasteiger partial charge in [0.15, 0.2) is 0 Å². The Labute approximate surface area is 247 Å². The van der Waals surface area contributed by atoms with E-state index in [1.807, 2.05) is 78.5 Å². The molecule has 1 aliphatic carbocycles. The number of aromatic nitrogens is 1. The summed E-state index contributed by atoms with van der Waals surface area (Å²) < 4.78 is 32.1. The maximum absolute atomic E-state index is 13.8. The summed E-state index contributed by atoms with van der Waals surface area (Å²) in [6.07, 6.45) is 7.27. The first-order chi connectivity index (χ1) is 18.9. The van der Waals surface area contributed by atoms with Crippen LogP contribution in [0.2, 0.25) is 0 Å². The second-order valence-corrected chi connectivity index (χ2v) is 16.4. The zero-order valence-electron chi connectivity index (χ0n) is 26.4. The molecule has 1 aromatic heterocycles. The van der Waals surface area contributed by atoms with E-state index in [0.29, 0.717) is 42.3 Å². The van der Waals surface area contributed by atoms with Gasteiger partial charge in [-0.2, -0.15) is 0 Å². The van der Waals surface area contributed by atoms with Crippen LogP contribution in [0.1, 0.15) is 115 Å². The number of nitrogens with zero attached hydrogens (tertiary/aromatic N) is 2. The number of sulfonamides is 1. The minimum Gasteiger partial charge on any atom is -0.390 e. The van der Waals surface area contributed by atoms with E-state index in [2.05, 4.69) is 9.29 Å². The lowest BCUT2D eigenvalue weighted by Gasteiger charge is -2.35. The summed E-state index contributed by atoms with van der Waals surface area (Å²) in [5.41, 5.74) is 2.53. The molecule has 0 bridgehead atoms. The molecule has 0 unspecified atom stereocenters. The fourth-order valence-corrected chi connectivity index (χ4v) is 8.11. The summed E-state index contributed by atoms with van der Waals surface area (Å²) in [5, 5.41) is 10.4.